The quantitative estimate of drug-likeness (QED) is 0.751. The van der Waals surface area contributed by atoms with Crippen LogP contribution in [0.3, 0.4) is 0 Å². The van der Waals surface area contributed by atoms with Crippen LogP contribution < -0.4 is 16.0 Å². The predicted octanol–water partition coefficient (Wildman–Crippen LogP) is 2.06. The molecule has 0 radical (unpaired) electrons. The molecule has 5 nitrogen and oxygen atoms in total. The number of likely N-dealkylation sites (N-methyl/N-ethyl adjacent to an activating group) is 1. The summed E-state index contributed by atoms with van der Waals surface area (Å²) in [7, 11) is 1.69. The third kappa shape index (κ3) is 5.77. The number of halogens is 2. The van der Waals surface area contributed by atoms with E-state index in [2.05, 4.69) is 16.0 Å². The van der Waals surface area contributed by atoms with Crippen LogP contribution >= 0.6 is 24.0 Å². The van der Waals surface area contributed by atoms with Crippen LogP contribution in [0.4, 0.5) is 5.69 Å². The number of nitrogens with one attached hydrogen (secondary N) is 3. The Hall–Kier alpha value is -1.30. The van der Waals surface area contributed by atoms with Crippen LogP contribution in [0, 0.1) is 0 Å². The number of amides is 2. The molecule has 0 aliphatic rings. The van der Waals surface area contributed by atoms with Crippen molar-refractivity contribution in [1.29, 1.82) is 0 Å². The second-order valence-corrected chi connectivity index (χ2v) is 4.44. The highest BCUT2D eigenvalue weighted by Gasteiger charge is 2.10. The summed E-state index contributed by atoms with van der Waals surface area (Å²) in [6, 6.07) is 4.82. The van der Waals surface area contributed by atoms with Crippen molar-refractivity contribution in [3.63, 3.8) is 0 Å². The van der Waals surface area contributed by atoms with Crippen molar-refractivity contribution in [3.8, 4) is 0 Å². The fourth-order valence-electron chi connectivity index (χ4n) is 1.48. The molecule has 0 heterocycles. The zero-order valence-electron chi connectivity index (χ0n) is 11.5. The van der Waals surface area contributed by atoms with Crippen LogP contribution in [0.1, 0.15) is 23.7 Å². The summed E-state index contributed by atoms with van der Waals surface area (Å²) in [6.07, 6.45) is 0.863. The molecule has 0 saturated heterocycles. The average Bonchev–Trinajstić information content (AvgIpc) is 2.36. The summed E-state index contributed by atoms with van der Waals surface area (Å²) in [5.74, 6) is -0.373. The Morgan fingerprint density at radius 3 is 2.55 bits per heavy atom. The molecule has 1 rings (SSSR count). The standard InChI is InChI=1S/C13H18ClN3O2.ClH/c1-3-6-16-13(19)10-5-4-9(7-11(10)14)17-12(18)8-15-2;/h4-5,7,15H,3,6,8H2,1-2H3,(H,16,19)(H,17,18);1H. The molecule has 2 amide bonds. The molecule has 0 aromatic heterocycles. The molecule has 3 N–H and O–H groups in total. The van der Waals surface area contributed by atoms with Gasteiger partial charge in [0.05, 0.1) is 17.1 Å². The van der Waals surface area contributed by atoms with Crippen LogP contribution in [0.2, 0.25) is 5.02 Å². The van der Waals surface area contributed by atoms with Crippen LogP contribution in [0.15, 0.2) is 18.2 Å². The fourth-order valence-corrected chi connectivity index (χ4v) is 1.74. The van der Waals surface area contributed by atoms with Crippen molar-refractivity contribution in [1.82, 2.24) is 10.6 Å². The number of hydrogen-bond donors (Lipinski definition) is 3. The van der Waals surface area contributed by atoms with Gasteiger partial charge in [0.1, 0.15) is 0 Å². The van der Waals surface area contributed by atoms with Gasteiger partial charge >= 0.3 is 0 Å². The lowest BCUT2D eigenvalue weighted by Gasteiger charge is -2.09. The number of hydrogen-bond acceptors (Lipinski definition) is 3. The number of carbonyl (C=O) groups is 2. The number of rotatable bonds is 6. The van der Waals surface area contributed by atoms with Gasteiger partial charge in [-0.05, 0) is 31.7 Å². The minimum atomic E-state index is -0.208. The zero-order valence-corrected chi connectivity index (χ0v) is 13.0. The first-order chi connectivity index (χ1) is 9.08. The lowest BCUT2D eigenvalue weighted by atomic mass is 10.2. The molecule has 0 saturated carbocycles. The summed E-state index contributed by atoms with van der Waals surface area (Å²) in [6.45, 7) is 2.80. The smallest absolute Gasteiger partial charge is 0.252 e. The Morgan fingerprint density at radius 2 is 2.00 bits per heavy atom. The summed E-state index contributed by atoms with van der Waals surface area (Å²) in [4.78, 5) is 23.2. The maximum Gasteiger partial charge on any atom is 0.252 e. The Balaban J connectivity index is 0.00000361. The third-order valence-corrected chi connectivity index (χ3v) is 2.68. The molecule has 0 spiro atoms. The highest BCUT2D eigenvalue weighted by atomic mass is 35.5. The van der Waals surface area contributed by atoms with Crippen molar-refractivity contribution < 1.29 is 9.59 Å². The summed E-state index contributed by atoms with van der Waals surface area (Å²) in [5, 5.41) is 8.49. The van der Waals surface area contributed by atoms with Gasteiger partial charge in [-0.1, -0.05) is 18.5 Å². The molecule has 0 atom stereocenters. The molecule has 0 aliphatic heterocycles. The van der Waals surface area contributed by atoms with Gasteiger partial charge in [0.15, 0.2) is 0 Å². The van der Waals surface area contributed by atoms with E-state index in [1.807, 2.05) is 6.92 Å². The van der Waals surface area contributed by atoms with E-state index in [9.17, 15) is 9.59 Å². The van der Waals surface area contributed by atoms with E-state index in [4.69, 9.17) is 11.6 Å². The van der Waals surface area contributed by atoms with Crippen molar-refractivity contribution in [2.45, 2.75) is 13.3 Å². The molecular weight excluding hydrogens is 301 g/mol. The minimum Gasteiger partial charge on any atom is -0.352 e. The average molecular weight is 320 g/mol. The Kier molecular flexibility index (Phi) is 8.96. The van der Waals surface area contributed by atoms with Gasteiger partial charge < -0.3 is 16.0 Å². The summed E-state index contributed by atoms with van der Waals surface area (Å²) in [5.41, 5.74) is 0.971. The summed E-state index contributed by atoms with van der Waals surface area (Å²) >= 11 is 6.04. The molecule has 0 fully saturated rings. The Labute approximate surface area is 129 Å². The van der Waals surface area contributed by atoms with Gasteiger partial charge in [-0.2, -0.15) is 0 Å². The van der Waals surface area contributed by atoms with Crippen molar-refractivity contribution in [3.05, 3.63) is 28.8 Å². The van der Waals surface area contributed by atoms with Crippen LogP contribution in [-0.4, -0.2) is 32.0 Å². The molecule has 0 bridgehead atoms. The second kappa shape index (κ2) is 9.58. The molecular formula is C13H19Cl2N3O2. The Morgan fingerprint density at radius 1 is 1.30 bits per heavy atom. The molecule has 1 aromatic carbocycles. The topological polar surface area (TPSA) is 70.2 Å². The van der Waals surface area contributed by atoms with Gasteiger partial charge in [0.2, 0.25) is 5.91 Å². The highest BCUT2D eigenvalue weighted by Crippen LogP contribution is 2.20. The van der Waals surface area contributed by atoms with E-state index < -0.39 is 0 Å². The van der Waals surface area contributed by atoms with Gasteiger partial charge in [0, 0.05) is 12.2 Å². The van der Waals surface area contributed by atoms with Gasteiger partial charge in [-0.25, -0.2) is 0 Å². The van der Waals surface area contributed by atoms with Crippen molar-refractivity contribution in [2.24, 2.45) is 0 Å². The van der Waals surface area contributed by atoms with Crippen LogP contribution in [0.25, 0.3) is 0 Å². The molecule has 0 unspecified atom stereocenters. The number of anilines is 1. The monoisotopic (exact) mass is 319 g/mol. The van der Waals surface area contributed by atoms with E-state index >= 15 is 0 Å². The maximum absolute atomic E-state index is 11.8. The fraction of sp³-hybridized carbons (Fsp3) is 0.385. The van der Waals surface area contributed by atoms with E-state index in [0.29, 0.717) is 22.8 Å². The van der Waals surface area contributed by atoms with E-state index in [1.54, 1.807) is 25.2 Å². The molecule has 112 valence electrons. The number of benzene rings is 1. The highest BCUT2D eigenvalue weighted by molar-refractivity contribution is 6.34. The van der Waals surface area contributed by atoms with Crippen LogP contribution in [-0.2, 0) is 4.79 Å². The molecule has 0 aliphatic carbocycles. The van der Waals surface area contributed by atoms with Crippen LogP contribution in [0.5, 0.6) is 0 Å². The first kappa shape index (κ1) is 18.7. The first-order valence-corrected chi connectivity index (χ1v) is 6.48. The minimum absolute atomic E-state index is 0. The van der Waals surface area contributed by atoms with Crippen molar-refractivity contribution in [2.75, 3.05) is 25.5 Å². The normalized spacial score (nSPS) is 9.55. The van der Waals surface area contributed by atoms with Gasteiger partial charge in [0.25, 0.3) is 5.91 Å². The third-order valence-electron chi connectivity index (χ3n) is 2.37. The Bertz CT molecular complexity index is 467. The summed E-state index contributed by atoms with van der Waals surface area (Å²) < 4.78 is 0. The van der Waals surface area contributed by atoms with E-state index in [0.717, 1.165) is 6.42 Å². The van der Waals surface area contributed by atoms with Gasteiger partial charge in [-0.15, -0.1) is 12.4 Å². The first-order valence-electron chi connectivity index (χ1n) is 6.10. The second-order valence-electron chi connectivity index (χ2n) is 4.03. The van der Waals surface area contributed by atoms with E-state index in [-0.39, 0.29) is 30.8 Å². The largest absolute Gasteiger partial charge is 0.352 e. The zero-order chi connectivity index (χ0) is 14.3. The number of carbonyl (C=O) groups excluding carboxylic acids is 2. The van der Waals surface area contributed by atoms with E-state index in [1.165, 1.54) is 0 Å². The molecule has 20 heavy (non-hydrogen) atoms. The maximum atomic E-state index is 11.8. The lowest BCUT2D eigenvalue weighted by molar-refractivity contribution is -0.115. The van der Waals surface area contributed by atoms with Gasteiger partial charge in [-0.3, -0.25) is 9.59 Å². The molecule has 7 heteroatoms. The SMILES string of the molecule is CCCNC(=O)c1ccc(NC(=O)CNC)cc1Cl.Cl. The predicted molar refractivity (Wildman–Crippen MR) is 83.9 cm³/mol. The van der Waals surface area contributed by atoms with Crippen molar-refractivity contribution >= 4 is 41.5 Å². The lowest BCUT2D eigenvalue weighted by Crippen LogP contribution is -2.25. The molecule has 1 aromatic rings.